The Hall–Kier alpha value is -0.560. The van der Waals surface area contributed by atoms with Gasteiger partial charge in [0.15, 0.2) is 0 Å². The minimum atomic E-state index is -1.91. The average Bonchev–Trinajstić information content (AvgIpc) is 2.75. The van der Waals surface area contributed by atoms with Crippen molar-refractivity contribution in [3.05, 3.63) is 0 Å². The molecule has 2 fully saturated rings. The lowest BCUT2D eigenvalue weighted by molar-refractivity contribution is -0.170. The fraction of sp³-hybridized carbons (Fsp3) is 1.00. The first-order chi connectivity index (χ1) is 14.9. The maximum atomic E-state index is 10.3. The minimum Gasteiger partial charge on any atom is -0.395 e. The molecule has 2 saturated heterocycles. The molecule has 0 radical (unpaired) electrons. The normalized spacial score (nSPS) is 41.2. The van der Waals surface area contributed by atoms with Gasteiger partial charge in [-0.3, -0.25) is 9.80 Å². The molecule has 0 spiro atoms. The van der Waals surface area contributed by atoms with E-state index in [-0.39, 0.29) is 13.1 Å². The van der Waals surface area contributed by atoms with E-state index in [4.69, 9.17) is 0 Å². The molecule has 0 aromatic heterocycles. The zero-order chi connectivity index (χ0) is 24.3. The zero-order valence-electron chi connectivity index (χ0n) is 17.4. The van der Waals surface area contributed by atoms with Crippen molar-refractivity contribution in [2.24, 2.45) is 0 Å². The summed E-state index contributed by atoms with van der Waals surface area (Å²) in [5.41, 5.74) is 0. The first-order valence-electron chi connectivity index (χ1n) is 10.4. The van der Waals surface area contributed by atoms with Crippen molar-refractivity contribution in [1.82, 2.24) is 9.80 Å². The van der Waals surface area contributed by atoms with Gasteiger partial charge in [-0.05, 0) is 0 Å². The maximum absolute atomic E-state index is 10.3. The van der Waals surface area contributed by atoms with Gasteiger partial charge in [-0.15, -0.1) is 0 Å². The van der Waals surface area contributed by atoms with Crippen LogP contribution in [-0.2, 0) is 0 Å². The van der Waals surface area contributed by atoms with Crippen LogP contribution in [0.4, 0.5) is 0 Å². The third-order valence-corrected chi connectivity index (χ3v) is 6.41. The van der Waals surface area contributed by atoms with E-state index in [0.29, 0.717) is 0 Å². The smallest absolute Gasteiger partial charge is 0.110 e. The number of likely N-dealkylation sites (tertiary alicyclic amines) is 2. The molecule has 2 aliphatic rings. The van der Waals surface area contributed by atoms with Crippen LogP contribution in [0.3, 0.4) is 0 Å². The van der Waals surface area contributed by atoms with Crippen molar-refractivity contribution in [3.8, 4) is 0 Å². The van der Waals surface area contributed by atoms with Crippen LogP contribution in [0.15, 0.2) is 0 Å². The number of β-amino-alcohol motifs (C(OH)–C–C–N with tert-alkyl or cyclic N) is 4. The molecule has 0 bridgehead atoms. The summed E-state index contributed by atoms with van der Waals surface area (Å²) in [5, 5.41) is 119. The number of hydrogen-bond donors (Lipinski definition) is 12. The van der Waals surface area contributed by atoms with E-state index in [0.717, 1.165) is 0 Å². The molecule has 12 atom stereocenters. The maximum Gasteiger partial charge on any atom is 0.110 e. The van der Waals surface area contributed by atoms with Crippen LogP contribution in [0.25, 0.3) is 0 Å². The molecule has 32 heavy (non-hydrogen) atoms. The molecule has 12 N–H and O–H groups in total. The van der Waals surface area contributed by atoms with Crippen molar-refractivity contribution in [2.75, 3.05) is 39.4 Å². The Kier molecular flexibility index (Phi) is 10.1. The Bertz CT molecular complexity index is 528. The van der Waals surface area contributed by atoms with Crippen molar-refractivity contribution in [3.63, 3.8) is 0 Å². The summed E-state index contributed by atoms with van der Waals surface area (Å²) in [6.07, 6.45) is -16.0. The number of rotatable bonds is 9. The van der Waals surface area contributed by atoms with Gasteiger partial charge in [0, 0.05) is 26.2 Å². The highest BCUT2D eigenvalue weighted by Crippen LogP contribution is 2.22. The molecule has 0 amide bonds. The summed E-state index contributed by atoms with van der Waals surface area (Å²) in [6.45, 7) is -2.57. The topological polar surface area (TPSA) is 249 Å². The molecule has 2 aliphatic heterocycles. The van der Waals surface area contributed by atoms with Gasteiger partial charge in [0.2, 0.25) is 0 Å². The van der Waals surface area contributed by atoms with Crippen LogP contribution >= 0.6 is 0 Å². The lowest BCUT2D eigenvalue weighted by Gasteiger charge is -2.45. The standard InChI is InChI=1S/C18H36N2O12/c21-5-7-13(27)15(29)9(23)1-19(7)3-11(25)17(31)18(32)12(26)4-20-2-10(24)16(30)14(28)8(20)6-22/h7-18,21-32H,1-6H2/t7-,8-,9+,10+,11+,12+,13+,14+,15+,16+,17+,18+/m0/s1. The molecule has 2 rings (SSSR count). The molecule has 0 aromatic rings. The van der Waals surface area contributed by atoms with Crippen molar-refractivity contribution < 1.29 is 61.3 Å². The largest absolute Gasteiger partial charge is 0.395 e. The highest BCUT2D eigenvalue weighted by atomic mass is 16.4. The second-order valence-corrected chi connectivity index (χ2v) is 8.62. The number of hydrogen-bond acceptors (Lipinski definition) is 14. The van der Waals surface area contributed by atoms with Gasteiger partial charge in [0.25, 0.3) is 0 Å². The summed E-state index contributed by atoms with van der Waals surface area (Å²) in [5.74, 6) is 0. The summed E-state index contributed by atoms with van der Waals surface area (Å²) in [7, 11) is 0. The summed E-state index contributed by atoms with van der Waals surface area (Å²) >= 11 is 0. The highest BCUT2D eigenvalue weighted by molar-refractivity contribution is 4.98. The van der Waals surface area contributed by atoms with Gasteiger partial charge in [-0.2, -0.15) is 0 Å². The van der Waals surface area contributed by atoms with Crippen LogP contribution in [0.1, 0.15) is 0 Å². The fourth-order valence-corrected chi connectivity index (χ4v) is 4.33. The van der Waals surface area contributed by atoms with E-state index >= 15 is 0 Å². The summed E-state index contributed by atoms with van der Waals surface area (Å²) in [6, 6.07) is -2.10. The predicted molar refractivity (Wildman–Crippen MR) is 105 cm³/mol. The monoisotopic (exact) mass is 472 g/mol. The van der Waals surface area contributed by atoms with Gasteiger partial charge >= 0.3 is 0 Å². The molecule has 0 aromatic carbocycles. The number of nitrogens with zero attached hydrogens (tertiary/aromatic N) is 2. The molecule has 0 unspecified atom stereocenters. The zero-order valence-corrected chi connectivity index (χ0v) is 17.4. The average molecular weight is 472 g/mol. The van der Waals surface area contributed by atoms with E-state index in [1.807, 2.05) is 0 Å². The molecule has 2 heterocycles. The van der Waals surface area contributed by atoms with Crippen molar-refractivity contribution in [2.45, 2.75) is 73.1 Å². The second kappa shape index (κ2) is 11.7. The molecular weight excluding hydrogens is 436 g/mol. The SMILES string of the molecule is OC[C@H]1[C@@H](O)[C@H](O)[C@H](O)CN1C[C@@H](O)[C@@H](O)[C@H](O)[C@H](O)CN1C[C@@H](O)[C@@H](O)[C@H](O)[C@@H]1CO. The number of piperidine rings is 2. The van der Waals surface area contributed by atoms with Gasteiger partial charge in [0.1, 0.15) is 36.6 Å². The summed E-state index contributed by atoms with van der Waals surface area (Å²) in [4.78, 5) is 2.46. The Balaban J connectivity index is 1.98. The Morgan fingerprint density at radius 2 is 0.875 bits per heavy atom. The van der Waals surface area contributed by atoms with Crippen LogP contribution in [0.2, 0.25) is 0 Å². The van der Waals surface area contributed by atoms with Gasteiger partial charge < -0.3 is 61.3 Å². The van der Waals surface area contributed by atoms with Crippen LogP contribution < -0.4 is 0 Å². The van der Waals surface area contributed by atoms with Crippen molar-refractivity contribution in [1.29, 1.82) is 0 Å². The van der Waals surface area contributed by atoms with Gasteiger partial charge in [0.05, 0.1) is 49.7 Å². The van der Waals surface area contributed by atoms with E-state index in [1.165, 1.54) is 9.80 Å². The van der Waals surface area contributed by atoms with Crippen LogP contribution in [-0.4, -0.2) is 184 Å². The third-order valence-electron chi connectivity index (χ3n) is 6.41. The second-order valence-electron chi connectivity index (χ2n) is 8.62. The predicted octanol–water partition coefficient (Wildman–Crippen LogP) is -8.05. The Labute approximate surface area is 184 Å². The summed E-state index contributed by atoms with van der Waals surface area (Å²) < 4.78 is 0. The van der Waals surface area contributed by atoms with Gasteiger partial charge in [-0.25, -0.2) is 0 Å². The molecule has 0 aliphatic carbocycles. The first kappa shape index (κ1) is 27.7. The Morgan fingerprint density at radius 1 is 0.562 bits per heavy atom. The molecule has 0 saturated carbocycles. The van der Waals surface area contributed by atoms with Gasteiger partial charge in [-0.1, -0.05) is 0 Å². The number of aliphatic hydroxyl groups is 12. The quantitative estimate of drug-likeness (QED) is 0.149. The lowest BCUT2D eigenvalue weighted by Crippen LogP contribution is -2.65. The lowest BCUT2D eigenvalue weighted by atomic mass is 9.92. The van der Waals surface area contributed by atoms with Crippen LogP contribution in [0.5, 0.6) is 0 Å². The van der Waals surface area contributed by atoms with E-state index < -0.39 is 99.4 Å². The molecule has 14 heteroatoms. The fourth-order valence-electron chi connectivity index (χ4n) is 4.33. The third kappa shape index (κ3) is 5.92. The first-order valence-corrected chi connectivity index (χ1v) is 10.4. The molecular formula is C18H36N2O12. The molecule has 14 nitrogen and oxygen atoms in total. The van der Waals surface area contributed by atoms with E-state index in [1.54, 1.807) is 0 Å². The van der Waals surface area contributed by atoms with Crippen molar-refractivity contribution >= 4 is 0 Å². The van der Waals surface area contributed by atoms with Crippen LogP contribution in [0, 0.1) is 0 Å². The minimum absolute atomic E-state index is 0.240. The Morgan fingerprint density at radius 3 is 1.16 bits per heavy atom. The van der Waals surface area contributed by atoms with E-state index in [2.05, 4.69) is 0 Å². The number of aliphatic hydroxyl groups excluding tert-OH is 12. The highest BCUT2D eigenvalue weighted by Gasteiger charge is 2.44. The molecule has 190 valence electrons. The van der Waals surface area contributed by atoms with E-state index in [9.17, 15) is 61.3 Å².